The molecule has 214 valence electrons. The second-order valence-corrected chi connectivity index (χ2v) is 15.6. The number of alkyl carbamates (subject to hydrolysis) is 1. The Bertz CT molecular complexity index is 1200. The summed E-state index contributed by atoms with van der Waals surface area (Å²) in [5.41, 5.74) is 0.644. The number of carbonyl (C=O) groups excluding carboxylic acids is 2. The molecule has 0 heterocycles. The summed E-state index contributed by atoms with van der Waals surface area (Å²) < 4.78 is 10.3. The van der Waals surface area contributed by atoms with E-state index in [1.807, 2.05) is 81.4 Å². The van der Waals surface area contributed by atoms with Crippen LogP contribution in [-0.2, 0) is 9.47 Å². The minimum absolute atomic E-state index is 0.279. The standard InChI is InChI=1S/C32H42N2O5Si/c1-31(2,3)39-30(36)34-26(23-33-25-19-17-24(18-20-25)29(35)38-6)21-22-32(4,5)40(37,27-13-9-7-10-14-27)28-15-11-8-12-16-28/h7-20,26,33,37H,21-23H2,1-6H3,(H,34,36)/t26-/m1/s1. The quantitative estimate of drug-likeness (QED) is 0.223. The molecule has 7 nitrogen and oxygen atoms in total. The molecular weight excluding hydrogens is 520 g/mol. The summed E-state index contributed by atoms with van der Waals surface area (Å²) in [6.45, 7) is 10.2. The topological polar surface area (TPSA) is 96.9 Å². The maximum Gasteiger partial charge on any atom is 0.407 e. The number of benzene rings is 3. The summed E-state index contributed by atoms with van der Waals surface area (Å²) in [7, 11) is -1.84. The Balaban J connectivity index is 1.82. The highest BCUT2D eigenvalue weighted by molar-refractivity contribution is 6.98. The third kappa shape index (κ3) is 7.96. The van der Waals surface area contributed by atoms with Gasteiger partial charge >= 0.3 is 12.1 Å². The highest BCUT2D eigenvalue weighted by Crippen LogP contribution is 2.40. The van der Waals surface area contributed by atoms with Gasteiger partial charge in [-0.2, -0.15) is 0 Å². The predicted molar refractivity (Wildman–Crippen MR) is 163 cm³/mol. The number of carbonyl (C=O) groups is 2. The molecule has 0 unspecified atom stereocenters. The zero-order valence-corrected chi connectivity index (χ0v) is 25.4. The van der Waals surface area contributed by atoms with Gasteiger partial charge in [-0.1, -0.05) is 74.5 Å². The fraction of sp³-hybridized carbons (Fsp3) is 0.375. The van der Waals surface area contributed by atoms with Gasteiger partial charge in [0.05, 0.1) is 12.7 Å². The highest BCUT2D eigenvalue weighted by atomic mass is 28.4. The van der Waals surface area contributed by atoms with E-state index in [-0.39, 0.29) is 6.04 Å². The average molecular weight is 563 g/mol. The molecule has 0 aliphatic rings. The maximum absolute atomic E-state index is 12.7. The second kappa shape index (κ2) is 13.2. The molecule has 40 heavy (non-hydrogen) atoms. The number of nitrogens with one attached hydrogen (secondary N) is 2. The van der Waals surface area contributed by atoms with E-state index in [0.717, 1.165) is 16.1 Å². The van der Waals surface area contributed by atoms with Gasteiger partial charge < -0.3 is 24.9 Å². The van der Waals surface area contributed by atoms with Crippen LogP contribution in [0.1, 0.15) is 57.8 Å². The molecule has 1 atom stereocenters. The summed E-state index contributed by atoms with van der Waals surface area (Å²) >= 11 is 0. The molecule has 0 saturated heterocycles. The number of anilines is 1. The largest absolute Gasteiger partial charge is 0.465 e. The van der Waals surface area contributed by atoms with Gasteiger partial charge in [0, 0.05) is 18.3 Å². The molecule has 0 aliphatic heterocycles. The van der Waals surface area contributed by atoms with Crippen LogP contribution in [0.25, 0.3) is 0 Å². The first-order chi connectivity index (χ1) is 18.9. The van der Waals surface area contributed by atoms with Gasteiger partial charge in [-0.3, -0.25) is 0 Å². The molecule has 3 aromatic carbocycles. The first-order valence-corrected chi connectivity index (χ1v) is 15.6. The Hall–Kier alpha value is -3.62. The van der Waals surface area contributed by atoms with Crippen molar-refractivity contribution in [2.45, 2.75) is 64.1 Å². The molecule has 3 N–H and O–H groups in total. The van der Waals surface area contributed by atoms with Crippen molar-refractivity contribution < 1.29 is 23.9 Å². The molecule has 0 fully saturated rings. The minimum Gasteiger partial charge on any atom is -0.465 e. The number of hydrogen-bond donors (Lipinski definition) is 3. The molecule has 0 bridgehead atoms. The number of esters is 1. The van der Waals surface area contributed by atoms with Crippen LogP contribution in [-0.4, -0.2) is 50.5 Å². The predicted octanol–water partition coefficient (Wildman–Crippen LogP) is 5.09. The summed E-state index contributed by atoms with van der Waals surface area (Å²) in [5, 5.41) is 7.82. The first kappa shape index (κ1) is 30.9. The molecule has 3 rings (SSSR count). The lowest BCUT2D eigenvalue weighted by atomic mass is 10.0. The molecule has 0 radical (unpaired) electrons. The van der Waals surface area contributed by atoms with Crippen molar-refractivity contribution >= 4 is 36.4 Å². The Kier molecular flexibility index (Phi) is 10.2. The van der Waals surface area contributed by atoms with Crippen LogP contribution in [0.15, 0.2) is 84.9 Å². The lowest BCUT2D eigenvalue weighted by Crippen LogP contribution is -2.65. The first-order valence-electron chi connectivity index (χ1n) is 13.6. The van der Waals surface area contributed by atoms with Crippen LogP contribution in [0.5, 0.6) is 0 Å². The van der Waals surface area contributed by atoms with Gasteiger partial charge in [0.1, 0.15) is 5.60 Å². The van der Waals surface area contributed by atoms with Gasteiger partial charge in [0.25, 0.3) is 8.32 Å². The van der Waals surface area contributed by atoms with E-state index in [2.05, 4.69) is 24.5 Å². The monoisotopic (exact) mass is 562 g/mol. The lowest BCUT2D eigenvalue weighted by molar-refractivity contribution is 0.0502. The average Bonchev–Trinajstić information content (AvgIpc) is 2.93. The van der Waals surface area contributed by atoms with Gasteiger partial charge in [-0.25, -0.2) is 9.59 Å². The fourth-order valence-corrected chi connectivity index (χ4v) is 8.56. The SMILES string of the molecule is COC(=O)c1ccc(NC[C@@H](CCC(C)(C)[Si](O)(c2ccccc2)c2ccccc2)NC(=O)OC(C)(C)C)cc1. The highest BCUT2D eigenvalue weighted by Gasteiger charge is 2.49. The Morgan fingerprint density at radius 1 is 0.850 bits per heavy atom. The van der Waals surface area contributed by atoms with Crippen LogP contribution >= 0.6 is 0 Å². The van der Waals surface area contributed by atoms with Crippen molar-refractivity contribution in [3.05, 3.63) is 90.5 Å². The van der Waals surface area contributed by atoms with E-state index in [0.29, 0.717) is 24.9 Å². The third-order valence-corrected chi connectivity index (χ3v) is 11.6. The van der Waals surface area contributed by atoms with Crippen molar-refractivity contribution in [2.24, 2.45) is 0 Å². The van der Waals surface area contributed by atoms with Crippen molar-refractivity contribution in [1.29, 1.82) is 0 Å². The molecule has 0 spiro atoms. The summed E-state index contributed by atoms with van der Waals surface area (Å²) in [6.07, 6.45) is 0.772. The van der Waals surface area contributed by atoms with Gasteiger partial charge in [-0.05, 0) is 73.3 Å². The number of hydrogen-bond acceptors (Lipinski definition) is 6. The van der Waals surface area contributed by atoms with Crippen LogP contribution in [0.3, 0.4) is 0 Å². The second-order valence-electron chi connectivity index (χ2n) is 11.7. The number of rotatable bonds is 11. The minimum atomic E-state index is -3.19. The van der Waals surface area contributed by atoms with Crippen molar-refractivity contribution in [1.82, 2.24) is 5.32 Å². The number of amides is 1. The van der Waals surface area contributed by atoms with Crippen molar-refractivity contribution in [3.63, 3.8) is 0 Å². The molecule has 0 saturated carbocycles. The Morgan fingerprint density at radius 3 is 1.85 bits per heavy atom. The van der Waals surface area contributed by atoms with Crippen molar-refractivity contribution in [3.8, 4) is 0 Å². The van der Waals surface area contributed by atoms with Crippen LogP contribution in [0.4, 0.5) is 10.5 Å². The van der Waals surface area contributed by atoms with E-state index >= 15 is 0 Å². The van der Waals surface area contributed by atoms with E-state index in [1.54, 1.807) is 24.3 Å². The molecule has 0 aliphatic carbocycles. The normalized spacial score (nSPS) is 12.8. The van der Waals surface area contributed by atoms with Gasteiger partial charge in [0.15, 0.2) is 0 Å². The smallest absolute Gasteiger partial charge is 0.407 e. The van der Waals surface area contributed by atoms with E-state index in [9.17, 15) is 14.4 Å². The van der Waals surface area contributed by atoms with E-state index < -0.39 is 31.0 Å². The van der Waals surface area contributed by atoms with Crippen LogP contribution in [0.2, 0.25) is 5.04 Å². The molecule has 1 amide bonds. The van der Waals surface area contributed by atoms with Crippen LogP contribution in [0, 0.1) is 0 Å². The Morgan fingerprint density at radius 2 is 1.38 bits per heavy atom. The zero-order chi connectivity index (χ0) is 29.4. The lowest BCUT2D eigenvalue weighted by Gasteiger charge is -2.42. The maximum atomic E-state index is 12.7. The van der Waals surface area contributed by atoms with Gasteiger partial charge in [0.2, 0.25) is 0 Å². The zero-order valence-electron chi connectivity index (χ0n) is 24.4. The molecular formula is C32H42N2O5Si. The fourth-order valence-electron chi connectivity index (χ4n) is 4.81. The molecule has 3 aromatic rings. The van der Waals surface area contributed by atoms with E-state index in [4.69, 9.17) is 9.47 Å². The summed E-state index contributed by atoms with van der Waals surface area (Å²) in [5.74, 6) is -0.397. The molecule has 0 aromatic heterocycles. The third-order valence-electron chi connectivity index (χ3n) is 7.06. The van der Waals surface area contributed by atoms with Gasteiger partial charge in [-0.15, -0.1) is 0 Å². The van der Waals surface area contributed by atoms with Crippen molar-refractivity contribution in [2.75, 3.05) is 19.0 Å². The number of methoxy groups -OCH3 is 1. The Labute approximate surface area is 239 Å². The molecule has 8 heteroatoms. The summed E-state index contributed by atoms with van der Waals surface area (Å²) in [6, 6.07) is 26.5. The van der Waals surface area contributed by atoms with E-state index in [1.165, 1.54) is 7.11 Å². The number of ether oxygens (including phenoxy) is 2. The summed E-state index contributed by atoms with van der Waals surface area (Å²) in [4.78, 5) is 37.0. The van der Waals surface area contributed by atoms with Crippen LogP contribution < -0.4 is 21.0 Å².